The van der Waals surface area contributed by atoms with Crippen molar-refractivity contribution in [2.24, 2.45) is 10.9 Å². The van der Waals surface area contributed by atoms with Crippen LogP contribution in [0.2, 0.25) is 0 Å². The van der Waals surface area contributed by atoms with Crippen molar-refractivity contribution in [1.29, 1.82) is 0 Å². The molecule has 0 unspecified atom stereocenters. The first-order valence-corrected chi connectivity index (χ1v) is 5.84. The minimum Gasteiger partial charge on any atom is -0.409 e. The first-order valence-electron chi connectivity index (χ1n) is 5.84. The average Bonchev–Trinajstić information content (AvgIpc) is 2.36. The number of amidine groups is 1. The Morgan fingerprint density at radius 2 is 2.11 bits per heavy atom. The van der Waals surface area contributed by atoms with Crippen LogP contribution in [-0.4, -0.2) is 23.6 Å². The first-order chi connectivity index (χ1) is 8.33. The Morgan fingerprint density at radius 1 is 1.50 bits per heavy atom. The molecule has 0 saturated heterocycles. The van der Waals surface area contributed by atoms with Gasteiger partial charge in [-0.05, 0) is 38.5 Å². The van der Waals surface area contributed by atoms with E-state index in [1.54, 1.807) is 6.07 Å². The fourth-order valence-corrected chi connectivity index (χ4v) is 1.62. The molecular weight excluding hydrogens is 233 g/mol. The van der Waals surface area contributed by atoms with E-state index in [2.05, 4.69) is 25.9 Å². The third kappa shape index (κ3) is 2.72. The maximum absolute atomic E-state index is 13.3. The van der Waals surface area contributed by atoms with Crippen LogP contribution in [0.25, 0.3) is 0 Å². The van der Waals surface area contributed by atoms with E-state index >= 15 is 0 Å². The van der Waals surface area contributed by atoms with Crippen molar-refractivity contribution in [3.63, 3.8) is 0 Å². The van der Waals surface area contributed by atoms with Gasteiger partial charge in [0.15, 0.2) is 5.84 Å². The molecule has 3 N–H and O–H groups in total. The van der Waals surface area contributed by atoms with Gasteiger partial charge in [-0.15, -0.1) is 0 Å². The van der Waals surface area contributed by atoms with Crippen molar-refractivity contribution in [3.8, 4) is 0 Å². The number of benzene rings is 1. The number of nitrogens with zero attached hydrogens (tertiary/aromatic N) is 2. The van der Waals surface area contributed by atoms with Crippen LogP contribution in [0, 0.1) is 5.82 Å². The summed E-state index contributed by atoms with van der Waals surface area (Å²) in [5.41, 5.74) is 6.61. The lowest BCUT2D eigenvalue weighted by Gasteiger charge is -2.37. The minimum atomic E-state index is -0.414. The molecule has 1 rings (SSSR count). The molecule has 0 spiro atoms. The summed E-state index contributed by atoms with van der Waals surface area (Å²) in [5, 5.41) is 11.7. The summed E-state index contributed by atoms with van der Waals surface area (Å²) in [6, 6.07) is 4.28. The molecule has 0 aliphatic rings. The summed E-state index contributed by atoms with van der Waals surface area (Å²) in [7, 11) is 1.91. The molecule has 0 aliphatic carbocycles. The van der Waals surface area contributed by atoms with Gasteiger partial charge >= 0.3 is 0 Å². The second-order valence-corrected chi connectivity index (χ2v) is 4.87. The Labute approximate surface area is 107 Å². The lowest BCUT2D eigenvalue weighted by molar-refractivity contribution is 0.318. The predicted molar refractivity (Wildman–Crippen MR) is 71.7 cm³/mol. The van der Waals surface area contributed by atoms with Gasteiger partial charge in [-0.3, -0.25) is 0 Å². The third-order valence-electron chi connectivity index (χ3n) is 3.48. The van der Waals surface area contributed by atoms with E-state index < -0.39 is 5.82 Å². The summed E-state index contributed by atoms with van der Waals surface area (Å²) in [6.07, 6.45) is 0.913. The van der Waals surface area contributed by atoms with Crippen LogP contribution < -0.4 is 10.6 Å². The fraction of sp³-hybridized carbons (Fsp3) is 0.462. The number of halogens is 1. The molecule has 0 aliphatic heterocycles. The van der Waals surface area contributed by atoms with Crippen molar-refractivity contribution in [2.45, 2.75) is 32.7 Å². The van der Waals surface area contributed by atoms with E-state index in [0.717, 1.165) is 12.1 Å². The molecule has 0 heterocycles. The lowest BCUT2D eigenvalue weighted by Crippen LogP contribution is -2.41. The van der Waals surface area contributed by atoms with Crippen molar-refractivity contribution in [3.05, 3.63) is 29.6 Å². The molecule has 18 heavy (non-hydrogen) atoms. The van der Waals surface area contributed by atoms with Crippen LogP contribution >= 0.6 is 0 Å². The van der Waals surface area contributed by atoms with E-state index in [-0.39, 0.29) is 11.4 Å². The van der Waals surface area contributed by atoms with Gasteiger partial charge in [0, 0.05) is 23.8 Å². The molecule has 1 aromatic rings. The van der Waals surface area contributed by atoms with Gasteiger partial charge in [0.05, 0.1) is 0 Å². The summed E-state index contributed by atoms with van der Waals surface area (Å²) in [6.45, 7) is 6.22. The van der Waals surface area contributed by atoms with Crippen LogP contribution in [0.1, 0.15) is 32.8 Å². The SMILES string of the molecule is CCC(C)(C)N(C)c1ccc(F)cc1C(N)=NO. The zero-order valence-corrected chi connectivity index (χ0v) is 11.2. The van der Waals surface area contributed by atoms with Gasteiger partial charge in [-0.1, -0.05) is 12.1 Å². The standard InChI is InChI=1S/C13H20FN3O/c1-5-13(2,3)17(4)11-7-6-9(14)8-10(11)12(15)16-18/h6-8,18H,5H2,1-4H3,(H2,15,16). The largest absolute Gasteiger partial charge is 0.409 e. The predicted octanol–water partition coefficient (Wildman–Crippen LogP) is 2.54. The Bertz CT molecular complexity index is 458. The van der Waals surface area contributed by atoms with E-state index in [1.165, 1.54) is 12.1 Å². The number of nitrogens with two attached hydrogens (primary N) is 1. The number of anilines is 1. The molecule has 100 valence electrons. The van der Waals surface area contributed by atoms with Crippen LogP contribution in [0.3, 0.4) is 0 Å². The average molecular weight is 253 g/mol. The highest BCUT2D eigenvalue weighted by Gasteiger charge is 2.24. The molecular formula is C13H20FN3O. The molecule has 4 nitrogen and oxygen atoms in total. The zero-order valence-electron chi connectivity index (χ0n) is 11.2. The van der Waals surface area contributed by atoms with Gasteiger partial charge in [0.1, 0.15) is 5.82 Å². The van der Waals surface area contributed by atoms with E-state index in [9.17, 15) is 4.39 Å². The van der Waals surface area contributed by atoms with Crippen molar-refractivity contribution >= 4 is 11.5 Å². The Morgan fingerprint density at radius 3 is 2.61 bits per heavy atom. The normalized spacial score (nSPS) is 12.6. The molecule has 5 heteroatoms. The van der Waals surface area contributed by atoms with Gasteiger partial charge in [-0.25, -0.2) is 4.39 Å². The number of rotatable bonds is 4. The van der Waals surface area contributed by atoms with E-state index in [1.807, 2.05) is 11.9 Å². The molecule has 0 atom stereocenters. The topological polar surface area (TPSA) is 61.8 Å². The zero-order chi connectivity index (χ0) is 13.9. The van der Waals surface area contributed by atoms with Gasteiger partial charge in [0.2, 0.25) is 0 Å². The lowest BCUT2D eigenvalue weighted by atomic mass is 9.97. The van der Waals surface area contributed by atoms with Crippen molar-refractivity contribution in [2.75, 3.05) is 11.9 Å². The quantitative estimate of drug-likeness (QED) is 0.375. The monoisotopic (exact) mass is 253 g/mol. The second-order valence-electron chi connectivity index (χ2n) is 4.87. The van der Waals surface area contributed by atoms with Crippen molar-refractivity contribution in [1.82, 2.24) is 0 Å². The number of hydrogen-bond donors (Lipinski definition) is 2. The maximum Gasteiger partial charge on any atom is 0.172 e. The minimum absolute atomic E-state index is 0.0942. The number of oxime groups is 1. The third-order valence-corrected chi connectivity index (χ3v) is 3.48. The first kappa shape index (κ1) is 14.3. The van der Waals surface area contributed by atoms with Crippen LogP contribution in [0.5, 0.6) is 0 Å². The molecule has 0 fully saturated rings. The molecule has 0 saturated carbocycles. The summed E-state index contributed by atoms with van der Waals surface area (Å²) >= 11 is 0. The van der Waals surface area contributed by atoms with Gasteiger partial charge < -0.3 is 15.8 Å². The van der Waals surface area contributed by atoms with Crippen LogP contribution in [0.15, 0.2) is 23.4 Å². The van der Waals surface area contributed by atoms with Crippen LogP contribution in [-0.2, 0) is 0 Å². The fourth-order valence-electron chi connectivity index (χ4n) is 1.62. The van der Waals surface area contributed by atoms with Gasteiger partial charge in [0.25, 0.3) is 0 Å². The molecule has 0 amide bonds. The Kier molecular flexibility index (Phi) is 4.16. The van der Waals surface area contributed by atoms with E-state index in [4.69, 9.17) is 10.9 Å². The molecule has 0 bridgehead atoms. The Balaban J connectivity index is 3.32. The van der Waals surface area contributed by atoms with Crippen molar-refractivity contribution < 1.29 is 9.60 Å². The number of hydrogen-bond acceptors (Lipinski definition) is 3. The summed E-state index contributed by atoms with van der Waals surface area (Å²) in [5.74, 6) is -0.508. The maximum atomic E-state index is 13.3. The van der Waals surface area contributed by atoms with Gasteiger partial charge in [-0.2, -0.15) is 0 Å². The highest BCUT2D eigenvalue weighted by Crippen LogP contribution is 2.28. The second kappa shape index (κ2) is 5.25. The summed E-state index contributed by atoms with van der Waals surface area (Å²) in [4.78, 5) is 2.00. The molecule has 1 aromatic carbocycles. The Hall–Kier alpha value is -1.78. The van der Waals surface area contributed by atoms with Crippen LogP contribution in [0.4, 0.5) is 10.1 Å². The molecule has 0 radical (unpaired) electrons. The highest BCUT2D eigenvalue weighted by atomic mass is 19.1. The highest BCUT2D eigenvalue weighted by molar-refractivity contribution is 6.02. The summed E-state index contributed by atoms with van der Waals surface area (Å²) < 4.78 is 13.3. The molecule has 0 aromatic heterocycles. The smallest absolute Gasteiger partial charge is 0.172 e. The van der Waals surface area contributed by atoms with E-state index in [0.29, 0.717) is 5.56 Å².